The van der Waals surface area contributed by atoms with Gasteiger partial charge in [-0.15, -0.1) is 0 Å². The van der Waals surface area contributed by atoms with Crippen molar-refractivity contribution in [2.24, 2.45) is 0 Å². The molecular formula is C42H54P2. The molecule has 0 radical (unpaired) electrons. The van der Waals surface area contributed by atoms with Crippen LogP contribution in [0.5, 0.6) is 0 Å². The van der Waals surface area contributed by atoms with Crippen LogP contribution < -0.4 is 10.6 Å². The first-order valence-electron chi connectivity index (χ1n) is 16.1. The molecule has 232 valence electrons. The summed E-state index contributed by atoms with van der Waals surface area (Å²) in [5, 5.41) is 2.93. The first kappa shape index (κ1) is 34.4. The van der Waals surface area contributed by atoms with Crippen molar-refractivity contribution in [1.29, 1.82) is 0 Å². The molecule has 0 amide bonds. The Morgan fingerprint density at radius 1 is 0.432 bits per heavy atom. The Kier molecular flexibility index (Phi) is 9.64. The SMILES string of the molecule is Cc1cc(C)c(-c2cccc(-c3c(C)cc(C)cc3C)c2P=Pc2c(C(C)(C)C)cc(C(C)(C)C)cc2C(C)(C)C)c(C)c1. The molecule has 0 spiro atoms. The third-order valence-electron chi connectivity index (χ3n) is 8.77. The summed E-state index contributed by atoms with van der Waals surface area (Å²) < 4.78 is 0. The van der Waals surface area contributed by atoms with Gasteiger partial charge in [-0.25, -0.2) is 0 Å². The topological polar surface area (TPSA) is 0 Å². The summed E-state index contributed by atoms with van der Waals surface area (Å²) in [6.07, 6.45) is 0. The molecule has 4 aromatic carbocycles. The number of hydrogen-bond acceptors (Lipinski definition) is 0. The Hall–Kier alpha value is -2.52. The van der Waals surface area contributed by atoms with Crippen molar-refractivity contribution in [3.05, 3.63) is 105 Å². The van der Waals surface area contributed by atoms with E-state index in [4.69, 9.17) is 0 Å². The molecule has 0 bridgehead atoms. The zero-order valence-corrected chi connectivity index (χ0v) is 31.9. The van der Waals surface area contributed by atoms with Gasteiger partial charge in [0.2, 0.25) is 0 Å². The molecule has 0 atom stereocenters. The van der Waals surface area contributed by atoms with Crippen LogP contribution in [-0.4, -0.2) is 0 Å². The van der Waals surface area contributed by atoms with Crippen LogP contribution in [-0.2, 0) is 16.2 Å². The monoisotopic (exact) mass is 620 g/mol. The zero-order chi connectivity index (χ0) is 32.9. The fourth-order valence-corrected chi connectivity index (χ4v) is 10.4. The van der Waals surface area contributed by atoms with Gasteiger partial charge in [0.1, 0.15) is 0 Å². The van der Waals surface area contributed by atoms with Crippen LogP contribution in [0.25, 0.3) is 22.3 Å². The van der Waals surface area contributed by atoms with Gasteiger partial charge in [-0.3, -0.25) is 0 Å². The van der Waals surface area contributed by atoms with Gasteiger partial charge >= 0.3 is 0 Å². The van der Waals surface area contributed by atoms with E-state index in [0.29, 0.717) is 0 Å². The maximum atomic E-state index is 2.52. The van der Waals surface area contributed by atoms with E-state index >= 15 is 0 Å². The molecule has 0 aliphatic carbocycles. The summed E-state index contributed by atoms with van der Waals surface area (Å²) in [5.41, 5.74) is 18.1. The largest absolute Gasteiger partial charge is 0.0610 e. The minimum atomic E-state index is 0.0374. The van der Waals surface area contributed by atoms with Crippen molar-refractivity contribution < 1.29 is 0 Å². The molecule has 0 aliphatic rings. The van der Waals surface area contributed by atoms with Crippen LogP contribution >= 0.6 is 15.7 Å². The highest BCUT2D eigenvalue weighted by atomic mass is 31.7. The van der Waals surface area contributed by atoms with Crippen molar-refractivity contribution in [2.45, 2.75) is 120 Å². The van der Waals surface area contributed by atoms with Crippen molar-refractivity contribution >= 4 is 26.3 Å². The van der Waals surface area contributed by atoms with E-state index in [1.807, 2.05) is 0 Å². The Morgan fingerprint density at radius 2 is 0.773 bits per heavy atom. The molecule has 0 saturated carbocycles. The van der Waals surface area contributed by atoms with Crippen LogP contribution in [0, 0.1) is 41.5 Å². The fourth-order valence-electron chi connectivity index (χ4n) is 6.68. The van der Waals surface area contributed by atoms with E-state index in [1.54, 1.807) is 0 Å². The maximum absolute atomic E-state index is 2.52. The summed E-state index contributed by atoms with van der Waals surface area (Å²) in [7, 11) is 2.64. The van der Waals surface area contributed by atoms with Crippen LogP contribution in [0.4, 0.5) is 0 Å². The zero-order valence-electron chi connectivity index (χ0n) is 30.1. The van der Waals surface area contributed by atoms with Gasteiger partial charge in [-0.1, -0.05) is 128 Å². The maximum Gasteiger partial charge on any atom is 0.0221 e. The molecule has 0 saturated heterocycles. The number of rotatable bonds is 4. The lowest BCUT2D eigenvalue weighted by Crippen LogP contribution is -2.29. The molecule has 0 N–H and O–H groups in total. The van der Waals surface area contributed by atoms with Crippen molar-refractivity contribution in [2.75, 3.05) is 0 Å². The predicted molar refractivity (Wildman–Crippen MR) is 201 cm³/mol. The van der Waals surface area contributed by atoms with Gasteiger partial charge in [-0.05, 0) is 135 Å². The summed E-state index contributed by atoms with van der Waals surface area (Å²) in [6.45, 7) is 34.9. The summed E-state index contributed by atoms with van der Waals surface area (Å²) in [4.78, 5) is 0. The average Bonchev–Trinajstić information content (AvgIpc) is 2.85. The Balaban J connectivity index is 2.14. The number of benzene rings is 4. The van der Waals surface area contributed by atoms with E-state index < -0.39 is 0 Å². The second-order valence-corrected chi connectivity index (χ2v) is 18.6. The lowest BCUT2D eigenvalue weighted by Gasteiger charge is -2.32. The molecule has 0 unspecified atom stereocenters. The van der Waals surface area contributed by atoms with Crippen LogP contribution in [0.1, 0.15) is 112 Å². The molecule has 0 aromatic heterocycles. The standard InChI is InChI=1S/C42H54P2/c1-25-19-27(3)36(28(4)20-25)32-17-16-18-33(37-29(5)21-26(2)22-30(37)6)38(32)43-44-39-34(41(10,11)12)23-31(40(7,8)9)24-35(39)42(13,14)15/h16-24H,1-15H3. The second kappa shape index (κ2) is 12.3. The van der Waals surface area contributed by atoms with Crippen molar-refractivity contribution in [3.63, 3.8) is 0 Å². The van der Waals surface area contributed by atoms with Crippen LogP contribution in [0.15, 0.2) is 54.6 Å². The summed E-state index contributed by atoms with van der Waals surface area (Å²) in [6, 6.07) is 21.4. The first-order chi connectivity index (χ1) is 20.2. The van der Waals surface area contributed by atoms with E-state index in [2.05, 4.69) is 158 Å². The molecule has 44 heavy (non-hydrogen) atoms. The third kappa shape index (κ3) is 7.14. The lowest BCUT2D eigenvalue weighted by molar-refractivity contribution is 0.554. The quantitative estimate of drug-likeness (QED) is 0.199. The van der Waals surface area contributed by atoms with E-state index in [-0.39, 0.29) is 16.2 Å². The second-order valence-electron chi connectivity index (χ2n) is 16.1. The van der Waals surface area contributed by atoms with Crippen molar-refractivity contribution in [1.82, 2.24) is 0 Å². The minimum absolute atomic E-state index is 0.0374. The highest BCUT2D eigenvalue weighted by molar-refractivity contribution is 7.91. The first-order valence-corrected chi connectivity index (χ1v) is 18.6. The molecule has 4 aromatic rings. The van der Waals surface area contributed by atoms with E-state index in [9.17, 15) is 0 Å². The van der Waals surface area contributed by atoms with Gasteiger partial charge in [0.05, 0.1) is 0 Å². The van der Waals surface area contributed by atoms with Gasteiger partial charge in [-0.2, -0.15) is 0 Å². The van der Waals surface area contributed by atoms with Crippen LogP contribution in [0.2, 0.25) is 0 Å². The van der Waals surface area contributed by atoms with Crippen LogP contribution in [0.3, 0.4) is 0 Å². The van der Waals surface area contributed by atoms with E-state index in [1.165, 1.54) is 98.7 Å². The highest BCUT2D eigenvalue weighted by Gasteiger charge is 2.29. The summed E-state index contributed by atoms with van der Waals surface area (Å²) >= 11 is 0. The van der Waals surface area contributed by atoms with Gasteiger partial charge in [0.25, 0.3) is 0 Å². The normalized spacial score (nSPS) is 12.8. The molecule has 0 fully saturated rings. The Labute approximate surface area is 272 Å². The third-order valence-corrected chi connectivity index (χ3v) is 11.7. The lowest BCUT2D eigenvalue weighted by atomic mass is 9.75. The Bertz CT molecular complexity index is 1590. The number of hydrogen-bond donors (Lipinski definition) is 0. The average molecular weight is 621 g/mol. The molecule has 0 heterocycles. The summed E-state index contributed by atoms with van der Waals surface area (Å²) in [5.74, 6) is 0. The molecule has 0 aliphatic heterocycles. The smallest absolute Gasteiger partial charge is 0.0221 e. The molecule has 2 heteroatoms. The van der Waals surface area contributed by atoms with Crippen molar-refractivity contribution in [3.8, 4) is 22.3 Å². The van der Waals surface area contributed by atoms with Gasteiger partial charge in [0.15, 0.2) is 0 Å². The van der Waals surface area contributed by atoms with E-state index in [0.717, 1.165) is 0 Å². The highest BCUT2D eigenvalue weighted by Crippen LogP contribution is 2.40. The fraction of sp³-hybridized carbons (Fsp3) is 0.429. The number of aryl methyl sites for hydroxylation is 6. The van der Waals surface area contributed by atoms with Gasteiger partial charge in [0, 0.05) is 10.6 Å². The molecule has 4 rings (SSSR count). The Morgan fingerprint density at radius 3 is 1.09 bits per heavy atom. The predicted octanol–water partition coefficient (Wildman–Crippen LogP) is 12.5. The minimum Gasteiger partial charge on any atom is -0.0610 e. The molecular weight excluding hydrogens is 566 g/mol. The molecule has 0 nitrogen and oxygen atoms in total. The van der Waals surface area contributed by atoms with Gasteiger partial charge < -0.3 is 0 Å².